The van der Waals surface area contributed by atoms with E-state index in [4.69, 9.17) is 9.72 Å². The number of thiazole rings is 1. The zero-order chi connectivity index (χ0) is 21.8. The van der Waals surface area contributed by atoms with Gasteiger partial charge in [0.25, 0.3) is 10.0 Å². The van der Waals surface area contributed by atoms with Gasteiger partial charge in [0.15, 0.2) is 0 Å². The summed E-state index contributed by atoms with van der Waals surface area (Å²) in [6, 6.07) is 21.7. The van der Waals surface area contributed by atoms with Crippen molar-refractivity contribution in [3.8, 4) is 27.6 Å². The average molecular weight is 451 g/mol. The molecular weight excluding hydrogens is 428 g/mol. The Morgan fingerprint density at radius 3 is 2.35 bits per heavy atom. The summed E-state index contributed by atoms with van der Waals surface area (Å²) in [6.07, 6.45) is 0. The van der Waals surface area contributed by atoms with E-state index in [9.17, 15) is 8.42 Å². The van der Waals surface area contributed by atoms with Crippen molar-refractivity contribution in [1.82, 2.24) is 4.98 Å². The summed E-state index contributed by atoms with van der Waals surface area (Å²) in [5, 5.41) is 2.98. The third-order valence-corrected chi connectivity index (χ3v) is 7.03. The first-order chi connectivity index (χ1) is 15.0. The van der Waals surface area contributed by atoms with Crippen LogP contribution in [-0.2, 0) is 10.0 Å². The van der Waals surface area contributed by atoms with Crippen molar-refractivity contribution in [3.63, 3.8) is 0 Å². The Bertz CT molecular complexity index is 1280. The van der Waals surface area contributed by atoms with Gasteiger partial charge in [-0.3, -0.25) is 4.72 Å². The molecule has 0 aliphatic carbocycles. The molecule has 5 nitrogen and oxygen atoms in total. The Morgan fingerprint density at radius 1 is 0.968 bits per heavy atom. The van der Waals surface area contributed by atoms with E-state index in [1.165, 1.54) is 17.7 Å². The van der Waals surface area contributed by atoms with E-state index in [0.717, 1.165) is 21.8 Å². The summed E-state index contributed by atoms with van der Waals surface area (Å²) in [6.45, 7) is 4.48. The maximum Gasteiger partial charge on any atom is 0.261 e. The number of anilines is 1. The lowest BCUT2D eigenvalue weighted by Crippen LogP contribution is -2.12. The molecule has 0 spiro atoms. The average Bonchev–Trinajstić information content (AvgIpc) is 3.25. The van der Waals surface area contributed by atoms with Crippen LogP contribution in [0.3, 0.4) is 0 Å². The molecule has 0 atom stereocenters. The van der Waals surface area contributed by atoms with Gasteiger partial charge in [-0.05, 0) is 55.8 Å². The van der Waals surface area contributed by atoms with Crippen LogP contribution in [0.5, 0.6) is 5.75 Å². The molecule has 1 heterocycles. The normalized spacial score (nSPS) is 11.3. The lowest BCUT2D eigenvalue weighted by molar-refractivity contribution is 0.340. The molecule has 0 fully saturated rings. The Kier molecular flexibility index (Phi) is 6.06. The lowest BCUT2D eigenvalue weighted by atomic mass is 10.1. The summed E-state index contributed by atoms with van der Waals surface area (Å²) >= 11 is 1.59. The predicted molar refractivity (Wildman–Crippen MR) is 126 cm³/mol. The minimum Gasteiger partial charge on any atom is -0.494 e. The van der Waals surface area contributed by atoms with Crippen LogP contribution in [0.25, 0.3) is 21.8 Å². The maximum absolute atomic E-state index is 12.7. The molecule has 0 saturated carbocycles. The van der Waals surface area contributed by atoms with Crippen molar-refractivity contribution in [3.05, 3.63) is 83.7 Å². The summed E-state index contributed by atoms with van der Waals surface area (Å²) in [5.74, 6) is 0.638. The number of ether oxygens (including phenoxy) is 1. The first-order valence-corrected chi connectivity index (χ1v) is 12.2. The first-order valence-electron chi connectivity index (χ1n) is 9.84. The molecule has 0 radical (unpaired) electrons. The van der Waals surface area contributed by atoms with E-state index in [1.807, 2.05) is 36.6 Å². The highest BCUT2D eigenvalue weighted by Crippen LogP contribution is 2.31. The van der Waals surface area contributed by atoms with Crippen molar-refractivity contribution in [2.45, 2.75) is 18.7 Å². The number of nitrogens with one attached hydrogen (secondary N) is 1. The number of rotatable bonds is 7. The van der Waals surface area contributed by atoms with Gasteiger partial charge in [0, 0.05) is 22.2 Å². The van der Waals surface area contributed by atoms with Crippen molar-refractivity contribution < 1.29 is 13.2 Å². The zero-order valence-electron chi connectivity index (χ0n) is 17.2. The standard InChI is InChI=1S/C24H22N2O3S2/c1-3-29-20-12-14-21(15-13-20)31(27,28)26-19-10-8-18(9-11-19)23-16-30-24(25-23)22-7-5-4-6-17(22)2/h4-16,26H,3H2,1-2H3. The van der Waals surface area contributed by atoms with Crippen molar-refractivity contribution in [1.29, 1.82) is 0 Å². The van der Waals surface area contributed by atoms with E-state index < -0.39 is 10.0 Å². The highest BCUT2D eigenvalue weighted by molar-refractivity contribution is 7.92. The van der Waals surface area contributed by atoms with Crippen LogP contribution in [0.15, 0.2) is 83.1 Å². The maximum atomic E-state index is 12.7. The fourth-order valence-corrected chi connectivity index (χ4v) is 5.13. The number of aromatic nitrogens is 1. The van der Waals surface area contributed by atoms with Crippen LogP contribution in [0.1, 0.15) is 12.5 Å². The second-order valence-corrected chi connectivity index (χ2v) is 9.48. The Hall–Kier alpha value is -3.16. The van der Waals surface area contributed by atoms with Crippen LogP contribution in [0.4, 0.5) is 5.69 Å². The molecule has 0 saturated heterocycles. The fourth-order valence-electron chi connectivity index (χ4n) is 3.15. The Labute approximate surface area is 186 Å². The molecule has 0 bridgehead atoms. The van der Waals surface area contributed by atoms with Gasteiger partial charge in [-0.15, -0.1) is 11.3 Å². The molecular formula is C24H22N2O3S2. The summed E-state index contributed by atoms with van der Waals surface area (Å²) in [5.41, 5.74) is 4.59. The Morgan fingerprint density at radius 2 is 1.68 bits per heavy atom. The highest BCUT2D eigenvalue weighted by Gasteiger charge is 2.15. The first kappa shape index (κ1) is 21.1. The predicted octanol–water partition coefficient (Wildman–Crippen LogP) is 5.99. The van der Waals surface area contributed by atoms with Crippen LogP contribution in [-0.4, -0.2) is 20.0 Å². The van der Waals surface area contributed by atoms with Crippen LogP contribution in [0.2, 0.25) is 0 Å². The minimum atomic E-state index is -3.68. The smallest absolute Gasteiger partial charge is 0.261 e. The van der Waals surface area contributed by atoms with Gasteiger partial charge in [-0.25, -0.2) is 13.4 Å². The van der Waals surface area contributed by atoms with E-state index in [1.54, 1.807) is 35.6 Å². The molecule has 7 heteroatoms. The van der Waals surface area contributed by atoms with E-state index in [2.05, 4.69) is 23.8 Å². The molecule has 0 unspecified atom stereocenters. The molecule has 0 aliphatic rings. The van der Waals surface area contributed by atoms with Gasteiger partial charge < -0.3 is 4.74 Å². The van der Waals surface area contributed by atoms with E-state index in [0.29, 0.717) is 18.0 Å². The van der Waals surface area contributed by atoms with Crippen molar-refractivity contribution >= 4 is 27.0 Å². The number of aryl methyl sites for hydroxylation is 1. The van der Waals surface area contributed by atoms with Crippen molar-refractivity contribution in [2.75, 3.05) is 11.3 Å². The van der Waals surface area contributed by atoms with Gasteiger partial charge in [-0.1, -0.05) is 36.4 Å². The molecule has 0 amide bonds. The summed E-state index contributed by atoms with van der Waals surface area (Å²) in [4.78, 5) is 4.94. The summed E-state index contributed by atoms with van der Waals surface area (Å²) in [7, 11) is -3.68. The van der Waals surface area contributed by atoms with E-state index >= 15 is 0 Å². The molecule has 4 rings (SSSR count). The number of sulfonamides is 1. The van der Waals surface area contributed by atoms with Crippen LogP contribution < -0.4 is 9.46 Å². The number of nitrogens with zero attached hydrogens (tertiary/aromatic N) is 1. The second-order valence-electron chi connectivity index (χ2n) is 6.94. The Balaban J connectivity index is 1.50. The lowest BCUT2D eigenvalue weighted by Gasteiger charge is -2.09. The largest absolute Gasteiger partial charge is 0.494 e. The molecule has 1 aromatic heterocycles. The molecule has 31 heavy (non-hydrogen) atoms. The number of hydrogen-bond acceptors (Lipinski definition) is 5. The molecule has 158 valence electrons. The van der Waals surface area contributed by atoms with Crippen LogP contribution >= 0.6 is 11.3 Å². The van der Waals surface area contributed by atoms with Gasteiger partial charge in [0.2, 0.25) is 0 Å². The van der Waals surface area contributed by atoms with Gasteiger partial charge in [0.1, 0.15) is 10.8 Å². The topological polar surface area (TPSA) is 68.3 Å². The van der Waals surface area contributed by atoms with Gasteiger partial charge in [-0.2, -0.15) is 0 Å². The fraction of sp³-hybridized carbons (Fsp3) is 0.125. The van der Waals surface area contributed by atoms with Gasteiger partial charge >= 0.3 is 0 Å². The highest BCUT2D eigenvalue weighted by atomic mass is 32.2. The molecule has 4 aromatic rings. The third kappa shape index (κ3) is 4.78. The third-order valence-electron chi connectivity index (χ3n) is 4.76. The second kappa shape index (κ2) is 8.91. The van der Waals surface area contributed by atoms with E-state index in [-0.39, 0.29) is 4.90 Å². The minimum absolute atomic E-state index is 0.183. The molecule has 0 aliphatic heterocycles. The van der Waals surface area contributed by atoms with Crippen LogP contribution in [0, 0.1) is 6.92 Å². The molecule has 3 aromatic carbocycles. The van der Waals surface area contributed by atoms with Gasteiger partial charge in [0.05, 0.1) is 17.2 Å². The number of benzene rings is 3. The molecule has 1 N–H and O–H groups in total. The zero-order valence-corrected chi connectivity index (χ0v) is 18.8. The van der Waals surface area contributed by atoms with Crippen molar-refractivity contribution in [2.24, 2.45) is 0 Å². The number of hydrogen-bond donors (Lipinski definition) is 1. The monoisotopic (exact) mass is 450 g/mol. The SMILES string of the molecule is CCOc1ccc(S(=O)(=O)Nc2ccc(-c3csc(-c4ccccc4C)n3)cc2)cc1. The quantitative estimate of drug-likeness (QED) is 0.376. The summed E-state index contributed by atoms with van der Waals surface area (Å²) < 4.78 is 33.3.